The number of fused-ring (bicyclic) bond motifs is 1. The van der Waals surface area contributed by atoms with E-state index in [0.717, 1.165) is 27.8 Å². The molecule has 1 unspecified atom stereocenters. The summed E-state index contributed by atoms with van der Waals surface area (Å²) < 4.78 is 56.3. The van der Waals surface area contributed by atoms with E-state index in [1.54, 1.807) is 26.8 Å². The molecule has 12 heteroatoms. The summed E-state index contributed by atoms with van der Waals surface area (Å²) in [5.41, 5.74) is 0.861. The molecule has 1 aliphatic rings. The average Bonchev–Trinajstić information content (AvgIpc) is 3.43. The SMILES string of the molecule is Cc1ccc2c(OC3C[C@@H](OC=O)N(C(=O)OC(C)(C)C)C3)cc(-c3nc(C(F)(F)F)cs3)nc2c1C. The number of aryl methyl sites for hydroxylation is 2. The topological polar surface area (TPSA) is 90.9 Å². The third-order valence-electron chi connectivity index (χ3n) is 5.83. The van der Waals surface area contributed by atoms with Crippen LogP contribution in [0.2, 0.25) is 0 Å². The van der Waals surface area contributed by atoms with Crippen molar-refractivity contribution >= 4 is 34.8 Å². The Morgan fingerprint density at radius 2 is 1.92 bits per heavy atom. The number of nitrogens with zero attached hydrogens (tertiary/aromatic N) is 3. The zero-order valence-corrected chi connectivity index (χ0v) is 21.7. The molecule has 1 aliphatic heterocycles. The predicted molar refractivity (Wildman–Crippen MR) is 130 cm³/mol. The predicted octanol–water partition coefficient (Wildman–Crippen LogP) is 5.88. The standard InChI is InChI=1S/C25H26F3N3O5S/c1-13-6-7-16-18(35-15-8-20(34-12-32)31(10-15)23(33)36-24(3,4)5)9-17(29-21(16)14(13)2)22-30-19(11-37-22)25(26,27)28/h6-7,9,11-12,15,20H,8,10H2,1-5H3/t15?,20-/m1/s1. The molecule has 0 saturated carbocycles. The summed E-state index contributed by atoms with van der Waals surface area (Å²) in [7, 11) is 0. The summed E-state index contributed by atoms with van der Waals surface area (Å²) in [5, 5.41) is 1.70. The van der Waals surface area contributed by atoms with Gasteiger partial charge in [0.25, 0.3) is 6.47 Å². The first kappa shape index (κ1) is 26.6. The molecule has 3 aromatic rings. The molecule has 0 aliphatic carbocycles. The number of halogens is 3. The number of ether oxygens (including phenoxy) is 3. The van der Waals surface area contributed by atoms with Crippen LogP contribution in [0, 0.1) is 13.8 Å². The lowest BCUT2D eigenvalue weighted by molar-refractivity contribution is -0.141. The average molecular weight is 538 g/mol. The van der Waals surface area contributed by atoms with Gasteiger partial charge in [-0.25, -0.2) is 14.8 Å². The van der Waals surface area contributed by atoms with E-state index < -0.39 is 35.9 Å². The second-order valence-corrected chi connectivity index (χ2v) is 10.6. The largest absolute Gasteiger partial charge is 0.488 e. The van der Waals surface area contributed by atoms with Crippen molar-refractivity contribution in [3.8, 4) is 16.5 Å². The number of rotatable bonds is 5. The highest BCUT2D eigenvalue weighted by molar-refractivity contribution is 7.13. The van der Waals surface area contributed by atoms with Crippen molar-refractivity contribution in [2.45, 2.75) is 65.1 Å². The van der Waals surface area contributed by atoms with Crippen molar-refractivity contribution in [1.82, 2.24) is 14.9 Å². The molecule has 2 atom stereocenters. The maximum atomic E-state index is 13.2. The van der Waals surface area contributed by atoms with E-state index in [1.165, 1.54) is 4.90 Å². The van der Waals surface area contributed by atoms with Crippen LogP contribution in [0.4, 0.5) is 18.0 Å². The summed E-state index contributed by atoms with van der Waals surface area (Å²) in [5.74, 6) is 0.368. The Labute approximate surface area is 215 Å². The molecule has 37 heavy (non-hydrogen) atoms. The first-order valence-electron chi connectivity index (χ1n) is 11.5. The highest BCUT2D eigenvalue weighted by Gasteiger charge is 2.40. The zero-order chi connectivity index (χ0) is 27.1. The van der Waals surface area contributed by atoms with E-state index in [1.807, 2.05) is 26.0 Å². The zero-order valence-electron chi connectivity index (χ0n) is 20.9. The van der Waals surface area contributed by atoms with Gasteiger partial charge in [-0.05, 0) is 51.8 Å². The number of carbonyl (C=O) groups excluding carboxylic acids is 2. The van der Waals surface area contributed by atoms with Crippen LogP contribution in [0.15, 0.2) is 23.6 Å². The van der Waals surface area contributed by atoms with Gasteiger partial charge in [0.1, 0.15) is 28.2 Å². The van der Waals surface area contributed by atoms with Crippen molar-refractivity contribution in [2.24, 2.45) is 0 Å². The van der Waals surface area contributed by atoms with E-state index in [0.29, 0.717) is 16.7 Å². The Morgan fingerprint density at radius 1 is 1.19 bits per heavy atom. The minimum Gasteiger partial charge on any atom is -0.488 e. The highest BCUT2D eigenvalue weighted by atomic mass is 32.1. The fourth-order valence-corrected chi connectivity index (χ4v) is 4.75. The Balaban J connectivity index is 1.71. The molecule has 1 saturated heterocycles. The second-order valence-electron chi connectivity index (χ2n) is 9.74. The van der Waals surface area contributed by atoms with E-state index in [-0.39, 0.29) is 30.1 Å². The van der Waals surface area contributed by atoms with Gasteiger partial charge in [0.05, 0.1) is 12.1 Å². The van der Waals surface area contributed by atoms with Crippen LogP contribution in [-0.2, 0) is 20.4 Å². The van der Waals surface area contributed by atoms with Crippen LogP contribution in [0.25, 0.3) is 21.6 Å². The summed E-state index contributed by atoms with van der Waals surface area (Å²) in [6, 6.07) is 5.27. The van der Waals surface area contributed by atoms with Crippen LogP contribution >= 0.6 is 11.3 Å². The Bertz CT molecular complexity index is 1340. The lowest BCUT2D eigenvalue weighted by Crippen LogP contribution is -2.41. The van der Waals surface area contributed by atoms with Crippen molar-refractivity contribution < 1.29 is 37.0 Å². The summed E-state index contributed by atoms with van der Waals surface area (Å²) >= 11 is 0.839. The molecular formula is C25H26F3N3O5S. The molecule has 3 heterocycles. The highest BCUT2D eigenvalue weighted by Crippen LogP contribution is 2.38. The number of pyridine rings is 1. The van der Waals surface area contributed by atoms with Crippen molar-refractivity contribution in [3.63, 3.8) is 0 Å². The van der Waals surface area contributed by atoms with Crippen molar-refractivity contribution in [2.75, 3.05) is 6.54 Å². The minimum absolute atomic E-state index is 0.0763. The minimum atomic E-state index is -4.57. The van der Waals surface area contributed by atoms with Gasteiger partial charge < -0.3 is 14.2 Å². The van der Waals surface area contributed by atoms with Crippen LogP contribution in [0.5, 0.6) is 5.75 Å². The molecule has 0 radical (unpaired) electrons. The number of carbonyl (C=O) groups is 2. The van der Waals surface area contributed by atoms with Crippen LogP contribution < -0.4 is 4.74 Å². The maximum Gasteiger partial charge on any atom is 0.434 e. The van der Waals surface area contributed by atoms with Gasteiger partial charge in [-0.3, -0.25) is 9.69 Å². The lowest BCUT2D eigenvalue weighted by Gasteiger charge is -2.27. The van der Waals surface area contributed by atoms with E-state index in [9.17, 15) is 22.8 Å². The van der Waals surface area contributed by atoms with Crippen molar-refractivity contribution in [3.05, 3.63) is 40.4 Å². The molecule has 1 fully saturated rings. The summed E-state index contributed by atoms with van der Waals surface area (Å²) in [6.07, 6.45) is -6.52. The molecule has 0 bridgehead atoms. The molecule has 1 aromatic carbocycles. The van der Waals surface area contributed by atoms with Gasteiger partial charge in [-0.15, -0.1) is 11.3 Å². The second kappa shape index (κ2) is 9.81. The molecule has 1 amide bonds. The molecule has 0 N–H and O–H groups in total. The van der Waals surface area contributed by atoms with E-state index in [4.69, 9.17) is 14.2 Å². The lowest BCUT2D eigenvalue weighted by atomic mass is 10.0. The monoisotopic (exact) mass is 537 g/mol. The molecule has 0 spiro atoms. The van der Waals surface area contributed by atoms with Crippen molar-refractivity contribution in [1.29, 1.82) is 0 Å². The fourth-order valence-electron chi connectivity index (χ4n) is 3.96. The van der Waals surface area contributed by atoms with Gasteiger partial charge >= 0.3 is 12.3 Å². The number of aromatic nitrogens is 2. The summed E-state index contributed by atoms with van der Waals surface area (Å²) in [6.45, 7) is 9.29. The first-order chi connectivity index (χ1) is 17.3. The number of thiazole rings is 1. The third-order valence-corrected chi connectivity index (χ3v) is 6.69. The molecular weight excluding hydrogens is 511 g/mol. The first-order valence-corrected chi connectivity index (χ1v) is 12.3. The maximum absolute atomic E-state index is 13.2. The normalized spacial score (nSPS) is 18.2. The van der Waals surface area contributed by atoms with Gasteiger partial charge in [0.15, 0.2) is 11.9 Å². The molecule has 198 valence electrons. The van der Waals surface area contributed by atoms with Gasteiger partial charge in [0, 0.05) is 23.3 Å². The molecule has 8 nitrogen and oxygen atoms in total. The van der Waals surface area contributed by atoms with E-state index >= 15 is 0 Å². The number of benzene rings is 1. The third kappa shape index (κ3) is 5.79. The van der Waals surface area contributed by atoms with E-state index in [2.05, 4.69) is 9.97 Å². The Hall–Kier alpha value is -3.41. The van der Waals surface area contributed by atoms with Crippen LogP contribution in [0.1, 0.15) is 44.0 Å². The van der Waals surface area contributed by atoms with Gasteiger partial charge in [0.2, 0.25) is 0 Å². The Kier molecular flexibility index (Phi) is 7.06. The van der Waals surface area contributed by atoms with Crippen LogP contribution in [-0.4, -0.2) is 51.9 Å². The van der Waals surface area contributed by atoms with Gasteiger partial charge in [-0.1, -0.05) is 6.07 Å². The smallest absolute Gasteiger partial charge is 0.434 e. The number of hydrogen-bond donors (Lipinski definition) is 0. The molecule has 4 rings (SSSR count). The van der Waals surface area contributed by atoms with Crippen LogP contribution in [0.3, 0.4) is 0 Å². The fraction of sp³-hybridized carbons (Fsp3) is 0.440. The number of likely N-dealkylation sites (tertiary alicyclic amines) is 1. The number of alkyl halides is 3. The number of amides is 1. The van der Waals surface area contributed by atoms with Gasteiger partial charge in [-0.2, -0.15) is 13.2 Å². The quantitative estimate of drug-likeness (QED) is 0.375. The molecule has 2 aromatic heterocycles. The summed E-state index contributed by atoms with van der Waals surface area (Å²) in [4.78, 5) is 33.4. The Morgan fingerprint density at radius 3 is 2.54 bits per heavy atom. The number of hydrogen-bond acceptors (Lipinski definition) is 8.